The molecule has 0 aromatic carbocycles. The van der Waals surface area contributed by atoms with Crippen LogP contribution in [0.2, 0.25) is 12.1 Å². The quantitative estimate of drug-likeness (QED) is 0.580. The van der Waals surface area contributed by atoms with Gasteiger partial charge in [0, 0.05) is 0 Å². The van der Waals surface area contributed by atoms with E-state index in [0.29, 0.717) is 0 Å². The Balaban J connectivity index is 2.19. The first-order chi connectivity index (χ1) is 4.79. The number of rotatable bonds is 1. The second kappa shape index (κ2) is 3.61. The average molecular weight is 159 g/mol. The Hall–Kier alpha value is -0.513. The Kier molecular flexibility index (Phi) is 2.74. The molecule has 0 spiro atoms. The number of primary amides is 1. The minimum atomic E-state index is -1.16. The predicted molar refractivity (Wildman–Crippen MR) is 41.3 cm³/mol. The largest absolute Gasteiger partial charge is 0.507 e. The van der Waals surface area contributed by atoms with Crippen molar-refractivity contribution in [3.63, 3.8) is 0 Å². The van der Waals surface area contributed by atoms with E-state index in [1.165, 1.54) is 19.3 Å². The first-order valence-corrected chi connectivity index (χ1v) is 5.85. The first-order valence-electron chi connectivity index (χ1n) is 3.75. The Morgan fingerprint density at radius 3 is 2.40 bits per heavy atom. The van der Waals surface area contributed by atoms with E-state index >= 15 is 0 Å². The lowest BCUT2D eigenvalue weighted by Crippen LogP contribution is -2.27. The fourth-order valence-electron chi connectivity index (χ4n) is 1.35. The number of hydrogen-bond acceptors (Lipinski definition) is 2. The van der Waals surface area contributed by atoms with Gasteiger partial charge in [0.25, 0.3) is 0 Å². The van der Waals surface area contributed by atoms with Crippen molar-refractivity contribution in [3.8, 4) is 0 Å². The highest BCUT2D eigenvalue weighted by Gasteiger charge is 2.18. The fraction of sp³-hybridized carbons (Fsp3) is 0.833. The smallest absolute Gasteiger partial charge is 0.390 e. The summed E-state index contributed by atoms with van der Waals surface area (Å²) in [4.78, 5) is 10.3. The van der Waals surface area contributed by atoms with Crippen LogP contribution in [0.5, 0.6) is 0 Å². The Morgan fingerprint density at radius 2 is 1.90 bits per heavy atom. The van der Waals surface area contributed by atoms with Crippen LogP contribution in [0.15, 0.2) is 0 Å². The lowest BCUT2D eigenvalue weighted by molar-refractivity contribution is 0.210. The van der Waals surface area contributed by atoms with E-state index in [4.69, 9.17) is 10.2 Å². The molecule has 3 nitrogen and oxygen atoms in total. The zero-order valence-electron chi connectivity index (χ0n) is 6.01. The average Bonchev–Trinajstić information content (AvgIpc) is 1.88. The van der Waals surface area contributed by atoms with Crippen molar-refractivity contribution < 1.29 is 9.22 Å². The summed E-state index contributed by atoms with van der Waals surface area (Å²) in [6.45, 7) is 0. The Morgan fingerprint density at radius 1 is 1.30 bits per heavy atom. The molecule has 0 atom stereocenters. The molecule has 1 heterocycles. The molecule has 1 fully saturated rings. The van der Waals surface area contributed by atoms with Gasteiger partial charge in [-0.25, -0.2) is 4.79 Å². The molecule has 1 amide bonds. The fourth-order valence-corrected chi connectivity index (χ4v) is 3.69. The molecular weight excluding hydrogens is 146 g/mol. The highest BCUT2D eigenvalue weighted by Crippen LogP contribution is 2.18. The molecule has 10 heavy (non-hydrogen) atoms. The molecule has 1 aliphatic rings. The molecule has 1 saturated heterocycles. The molecule has 0 bridgehead atoms. The van der Waals surface area contributed by atoms with Crippen LogP contribution in [-0.2, 0) is 4.43 Å². The molecule has 58 valence electrons. The molecule has 4 heteroatoms. The number of nitrogens with two attached hydrogens (primary N) is 1. The van der Waals surface area contributed by atoms with E-state index in [1.54, 1.807) is 0 Å². The van der Waals surface area contributed by atoms with Crippen LogP contribution in [0.4, 0.5) is 4.79 Å². The van der Waals surface area contributed by atoms with E-state index in [0.717, 1.165) is 12.1 Å². The lowest BCUT2D eigenvalue weighted by Gasteiger charge is -2.18. The van der Waals surface area contributed by atoms with Gasteiger partial charge in [0.1, 0.15) is 0 Å². The van der Waals surface area contributed by atoms with Crippen LogP contribution in [0, 0.1) is 0 Å². The number of carbonyl (C=O) groups excluding carboxylic acids is 1. The maximum absolute atomic E-state index is 10.3. The van der Waals surface area contributed by atoms with Gasteiger partial charge in [0.2, 0.25) is 9.04 Å². The van der Waals surface area contributed by atoms with E-state index in [1.807, 2.05) is 0 Å². The van der Waals surface area contributed by atoms with Crippen LogP contribution in [0.25, 0.3) is 0 Å². The number of carbonyl (C=O) groups is 1. The molecule has 0 radical (unpaired) electrons. The molecule has 2 N–H and O–H groups in total. The topological polar surface area (TPSA) is 52.3 Å². The molecule has 0 saturated carbocycles. The highest BCUT2D eigenvalue weighted by molar-refractivity contribution is 6.53. The van der Waals surface area contributed by atoms with Gasteiger partial charge in [-0.2, -0.15) is 0 Å². The van der Waals surface area contributed by atoms with Gasteiger partial charge in [-0.15, -0.1) is 0 Å². The van der Waals surface area contributed by atoms with Crippen molar-refractivity contribution in [2.24, 2.45) is 5.73 Å². The summed E-state index contributed by atoms with van der Waals surface area (Å²) in [5, 5.41) is 0. The van der Waals surface area contributed by atoms with E-state index in [-0.39, 0.29) is 0 Å². The van der Waals surface area contributed by atoms with Gasteiger partial charge in [0.05, 0.1) is 0 Å². The van der Waals surface area contributed by atoms with Crippen LogP contribution < -0.4 is 5.73 Å². The number of amides is 1. The Bertz CT molecular complexity index is 123. The van der Waals surface area contributed by atoms with Gasteiger partial charge in [-0.3, -0.25) is 0 Å². The molecule has 0 aromatic heterocycles. The van der Waals surface area contributed by atoms with Crippen LogP contribution in [0.3, 0.4) is 0 Å². The third kappa shape index (κ3) is 2.39. The van der Waals surface area contributed by atoms with E-state index in [2.05, 4.69) is 0 Å². The van der Waals surface area contributed by atoms with Gasteiger partial charge in [-0.05, 0) is 12.1 Å². The van der Waals surface area contributed by atoms with Crippen LogP contribution in [-0.4, -0.2) is 15.1 Å². The maximum Gasteiger partial charge on any atom is 0.390 e. The SMILES string of the molecule is NC(=O)O[SiH]1CCCCC1. The summed E-state index contributed by atoms with van der Waals surface area (Å²) in [6, 6.07) is 2.26. The standard InChI is InChI=1S/C6H13NO2Si/c7-6(8)9-10-4-2-1-3-5-10/h10H,1-5H2,(H2,7,8). The molecule has 0 aromatic rings. The zero-order chi connectivity index (χ0) is 7.40. The minimum absolute atomic E-state index is 0.571. The second-order valence-electron chi connectivity index (χ2n) is 2.70. The minimum Gasteiger partial charge on any atom is -0.507 e. The van der Waals surface area contributed by atoms with Gasteiger partial charge in [-0.1, -0.05) is 19.3 Å². The molecule has 0 aliphatic carbocycles. The predicted octanol–water partition coefficient (Wildman–Crippen LogP) is 0.989. The summed E-state index contributed by atoms with van der Waals surface area (Å²) < 4.78 is 4.97. The van der Waals surface area contributed by atoms with Gasteiger partial charge < -0.3 is 10.2 Å². The van der Waals surface area contributed by atoms with Crippen LogP contribution in [0.1, 0.15) is 19.3 Å². The van der Waals surface area contributed by atoms with Crippen molar-refractivity contribution in [2.75, 3.05) is 0 Å². The van der Waals surface area contributed by atoms with E-state index < -0.39 is 15.1 Å². The summed E-state index contributed by atoms with van der Waals surface area (Å²) in [7, 11) is -1.16. The maximum atomic E-state index is 10.3. The van der Waals surface area contributed by atoms with Gasteiger partial charge >= 0.3 is 6.09 Å². The second-order valence-corrected chi connectivity index (χ2v) is 5.33. The zero-order valence-corrected chi connectivity index (χ0v) is 7.16. The van der Waals surface area contributed by atoms with Gasteiger partial charge in [0.15, 0.2) is 0 Å². The summed E-state index contributed by atoms with van der Waals surface area (Å²) in [5.41, 5.74) is 4.90. The summed E-state index contributed by atoms with van der Waals surface area (Å²) in [6.07, 6.45) is 3.18. The van der Waals surface area contributed by atoms with Crippen molar-refractivity contribution in [2.45, 2.75) is 31.4 Å². The third-order valence-corrected chi connectivity index (χ3v) is 4.51. The summed E-state index contributed by atoms with van der Waals surface area (Å²) in [5.74, 6) is 0. The first kappa shape index (κ1) is 7.59. The van der Waals surface area contributed by atoms with E-state index in [9.17, 15) is 4.79 Å². The van der Waals surface area contributed by atoms with Crippen molar-refractivity contribution in [1.82, 2.24) is 0 Å². The Labute approximate surface area is 62.3 Å². The monoisotopic (exact) mass is 159 g/mol. The third-order valence-electron chi connectivity index (χ3n) is 1.84. The van der Waals surface area contributed by atoms with Crippen LogP contribution >= 0.6 is 0 Å². The van der Waals surface area contributed by atoms with Crippen molar-refractivity contribution in [3.05, 3.63) is 0 Å². The number of hydrogen-bond donors (Lipinski definition) is 1. The lowest BCUT2D eigenvalue weighted by atomic mass is 10.3. The molecule has 1 rings (SSSR count). The molecule has 1 aliphatic heterocycles. The molecular formula is C6H13NO2Si. The van der Waals surface area contributed by atoms with Crippen molar-refractivity contribution in [1.29, 1.82) is 0 Å². The summed E-state index contributed by atoms with van der Waals surface area (Å²) >= 11 is 0. The normalized spacial score (nSPS) is 20.4. The molecule has 0 unspecified atom stereocenters. The highest BCUT2D eigenvalue weighted by atomic mass is 28.3. The van der Waals surface area contributed by atoms with Crippen molar-refractivity contribution >= 4 is 15.1 Å².